The Hall–Kier alpha value is -3.74. The molecule has 2 N–H and O–H groups in total. The van der Waals surface area contributed by atoms with Crippen molar-refractivity contribution in [2.75, 3.05) is 0 Å². The molecule has 152 valence electrons. The average Bonchev–Trinajstić information content (AvgIpc) is 3.58. The highest BCUT2D eigenvalue weighted by molar-refractivity contribution is 5.95. The lowest BCUT2D eigenvalue weighted by Crippen LogP contribution is -2.28. The molecule has 2 amide bonds. The Morgan fingerprint density at radius 1 is 1.13 bits per heavy atom. The molecule has 0 aliphatic heterocycles. The molecule has 1 saturated carbocycles. The molecule has 1 aliphatic carbocycles. The Labute approximate surface area is 173 Å². The SMILES string of the molecule is Cn1c(CNC(=O)/C=C/c2ccc(C(=O)NC3CC3)cc2)nc2ccccc2c1=O. The Morgan fingerprint density at radius 2 is 1.87 bits per heavy atom. The number of nitrogens with zero attached hydrogens (tertiary/aromatic N) is 2. The normalized spacial score (nSPS) is 13.5. The summed E-state index contributed by atoms with van der Waals surface area (Å²) in [5.41, 5.74) is 1.87. The van der Waals surface area contributed by atoms with Crippen molar-refractivity contribution in [2.45, 2.75) is 25.4 Å². The number of carbonyl (C=O) groups is 2. The van der Waals surface area contributed by atoms with Crippen LogP contribution in [0.15, 0.2) is 59.4 Å². The molecule has 1 heterocycles. The highest BCUT2D eigenvalue weighted by Gasteiger charge is 2.23. The smallest absolute Gasteiger partial charge is 0.261 e. The minimum Gasteiger partial charge on any atom is -0.349 e. The van der Waals surface area contributed by atoms with E-state index in [4.69, 9.17) is 0 Å². The Bertz CT molecular complexity index is 1190. The lowest BCUT2D eigenvalue weighted by molar-refractivity contribution is -0.116. The van der Waals surface area contributed by atoms with Crippen LogP contribution in [0.3, 0.4) is 0 Å². The van der Waals surface area contributed by atoms with E-state index in [-0.39, 0.29) is 23.9 Å². The van der Waals surface area contributed by atoms with Gasteiger partial charge in [-0.15, -0.1) is 0 Å². The van der Waals surface area contributed by atoms with Gasteiger partial charge in [0.05, 0.1) is 17.4 Å². The van der Waals surface area contributed by atoms with Gasteiger partial charge in [0.1, 0.15) is 5.82 Å². The first kappa shape index (κ1) is 19.6. The minimum absolute atomic E-state index is 0.0701. The van der Waals surface area contributed by atoms with Crippen LogP contribution in [0.2, 0.25) is 0 Å². The van der Waals surface area contributed by atoms with E-state index >= 15 is 0 Å². The summed E-state index contributed by atoms with van der Waals surface area (Å²) in [6, 6.07) is 14.5. The van der Waals surface area contributed by atoms with E-state index in [0.717, 1.165) is 18.4 Å². The minimum atomic E-state index is -0.298. The third kappa shape index (κ3) is 4.46. The molecular formula is C23H22N4O3. The average molecular weight is 402 g/mol. The zero-order valence-corrected chi connectivity index (χ0v) is 16.6. The number of amides is 2. The van der Waals surface area contributed by atoms with E-state index in [1.54, 1.807) is 55.6 Å². The number of rotatable bonds is 6. The number of hydrogen-bond acceptors (Lipinski definition) is 4. The van der Waals surface area contributed by atoms with Gasteiger partial charge in [0.2, 0.25) is 5.91 Å². The standard InChI is InChI=1S/C23H22N4O3/c1-27-20(26-19-5-3-2-4-18(19)23(27)30)14-24-21(28)13-8-15-6-9-16(10-7-15)22(29)25-17-11-12-17/h2-10,13,17H,11-12,14H2,1H3,(H,24,28)(H,25,29)/b13-8+. The maximum absolute atomic E-state index is 12.4. The van der Waals surface area contributed by atoms with Gasteiger partial charge in [-0.25, -0.2) is 4.98 Å². The highest BCUT2D eigenvalue weighted by atomic mass is 16.2. The molecule has 1 aliphatic rings. The van der Waals surface area contributed by atoms with Gasteiger partial charge in [-0.05, 0) is 48.7 Å². The predicted molar refractivity (Wildman–Crippen MR) is 115 cm³/mol. The van der Waals surface area contributed by atoms with Crippen LogP contribution in [-0.4, -0.2) is 27.4 Å². The molecule has 2 aromatic carbocycles. The lowest BCUT2D eigenvalue weighted by Gasteiger charge is -2.09. The Kier molecular flexibility index (Phi) is 5.43. The number of fused-ring (bicyclic) bond motifs is 1. The van der Waals surface area contributed by atoms with E-state index in [1.165, 1.54) is 10.6 Å². The molecule has 0 saturated heterocycles. The van der Waals surface area contributed by atoms with Crippen molar-refractivity contribution in [3.8, 4) is 0 Å². The second kappa shape index (κ2) is 8.32. The summed E-state index contributed by atoms with van der Waals surface area (Å²) in [5, 5.41) is 6.23. The molecule has 30 heavy (non-hydrogen) atoms. The maximum Gasteiger partial charge on any atom is 0.261 e. The lowest BCUT2D eigenvalue weighted by atomic mass is 10.1. The van der Waals surface area contributed by atoms with Crippen molar-refractivity contribution >= 4 is 28.8 Å². The second-order valence-electron chi connectivity index (χ2n) is 7.33. The first-order valence-electron chi connectivity index (χ1n) is 9.83. The molecule has 0 atom stereocenters. The molecule has 1 fully saturated rings. The van der Waals surface area contributed by atoms with Gasteiger partial charge in [-0.1, -0.05) is 24.3 Å². The van der Waals surface area contributed by atoms with Crippen LogP contribution >= 0.6 is 0 Å². The van der Waals surface area contributed by atoms with E-state index in [2.05, 4.69) is 15.6 Å². The topological polar surface area (TPSA) is 93.1 Å². The molecule has 3 aromatic rings. The summed E-state index contributed by atoms with van der Waals surface area (Å²) in [6.45, 7) is 0.139. The fourth-order valence-corrected chi connectivity index (χ4v) is 3.06. The summed E-state index contributed by atoms with van der Waals surface area (Å²) < 4.78 is 1.44. The van der Waals surface area contributed by atoms with Crippen LogP contribution in [0, 0.1) is 0 Å². The van der Waals surface area contributed by atoms with Crippen molar-refractivity contribution in [3.05, 3.63) is 81.9 Å². The van der Waals surface area contributed by atoms with Crippen LogP contribution in [0.4, 0.5) is 0 Å². The third-order valence-corrected chi connectivity index (χ3v) is 5.01. The summed E-state index contributed by atoms with van der Waals surface area (Å²) in [5.74, 6) is 0.110. The van der Waals surface area contributed by atoms with Crippen molar-refractivity contribution in [2.24, 2.45) is 7.05 Å². The van der Waals surface area contributed by atoms with Gasteiger partial charge in [0.25, 0.3) is 11.5 Å². The molecule has 0 bridgehead atoms. The Morgan fingerprint density at radius 3 is 2.60 bits per heavy atom. The fourth-order valence-electron chi connectivity index (χ4n) is 3.06. The zero-order valence-electron chi connectivity index (χ0n) is 16.6. The predicted octanol–water partition coefficient (Wildman–Crippen LogP) is 2.16. The van der Waals surface area contributed by atoms with Crippen molar-refractivity contribution in [1.29, 1.82) is 0 Å². The molecule has 7 heteroatoms. The number of nitrogens with one attached hydrogen (secondary N) is 2. The third-order valence-electron chi connectivity index (χ3n) is 5.01. The first-order valence-corrected chi connectivity index (χ1v) is 9.83. The van der Waals surface area contributed by atoms with Crippen LogP contribution in [-0.2, 0) is 18.4 Å². The van der Waals surface area contributed by atoms with Gasteiger partial charge in [0.15, 0.2) is 0 Å². The fraction of sp³-hybridized carbons (Fsp3) is 0.217. The summed E-state index contributed by atoms with van der Waals surface area (Å²) >= 11 is 0. The van der Waals surface area contributed by atoms with Crippen LogP contribution in [0.1, 0.15) is 34.6 Å². The number of hydrogen-bond donors (Lipinski definition) is 2. The van der Waals surface area contributed by atoms with Crippen molar-refractivity contribution in [3.63, 3.8) is 0 Å². The molecule has 7 nitrogen and oxygen atoms in total. The van der Waals surface area contributed by atoms with Crippen LogP contribution < -0.4 is 16.2 Å². The van der Waals surface area contributed by atoms with Crippen LogP contribution in [0.25, 0.3) is 17.0 Å². The van der Waals surface area contributed by atoms with E-state index < -0.39 is 0 Å². The van der Waals surface area contributed by atoms with Crippen molar-refractivity contribution in [1.82, 2.24) is 20.2 Å². The van der Waals surface area contributed by atoms with Gasteiger partial charge in [0, 0.05) is 24.7 Å². The quantitative estimate of drug-likeness (QED) is 0.618. The maximum atomic E-state index is 12.4. The van der Waals surface area contributed by atoms with E-state index in [9.17, 15) is 14.4 Å². The molecule has 0 unspecified atom stereocenters. The van der Waals surface area contributed by atoms with Crippen molar-refractivity contribution < 1.29 is 9.59 Å². The molecular weight excluding hydrogens is 380 g/mol. The number of carbonyl (C=O) groups excluding carboxylic acids is 2. The molecule has 0 spiro atoms. The largest absolute Gasteiger partial charge is 0.349 e. The molecule has 0 radical (unpaired) electrons. The van der Waals surface area contributed by atoms with Gasteiger partial charge in [-0.3, -0.25) is 19.0 Å². The van der Waals surface area contributed by atoms with Gasteiger partial charge in [-0.2, -0.15) is 0 Å². The monoisotopic (exact) mass is 402 g/mol. The number of benzene rings is 2. The highest BCUT2D eigenvalue weighted by Crippen LogP contribution is 2.19. The zero-order chi connectivity index (χ0) is 21.1. The Balaban J connectivity index is 1.37. The number of aromatic nitrogens is 2. The first-order chi connectivity index (χ1) is 14.5. The summed E-state index contributed by atoms with van der Waals surface area (Å²) in [6.07, 6.45) is 5.18. The van der Waals surface area contributed by atoms with Gasteiger partial charge < -0.3 is 10.6 Å². The number of para-hydroxylation sites is 1. The second-order valence-corrected chi connectivity index (χ2v) is 7.33. The summed E-state index contributed by atoms with van der Waals surface area (Å²) in [7, 11) is 1.64. The van der Waals surface area contributed by atoms with Gasteiger partial charge >= 0.3 is 0 Å². The van der Waals surface area contributed by atoms with E-state index in [0.29, 0.717) is 28.3 Å². The van der Waals surface area contributed by atoms with E-state index in [1.807, 2.05) is 6.07 Å². The summed E-state index contributed by atoms with van der Waals surface area (Å²) in [4.78, 5) is 41.1. The van der Waals surface area contributed by atoms with Crippen LogP contribution in [0.5, 0.6) is 0 Å². The molecule has 1 aromatic heterocycles. The molecule has 4 rings (SSSR count).